The molecule has 50 valence electrons. The Morgan fingerprint density at radius 1 is 1.30 bits per heavy atom. The van der Waals surface area contributed by atoms with E-state index in [1.54, 1.807) is 0 Å². The van der Waals surface area contributed by atoms with Crippen molar-refractivity contribution in [1.82, 2.24) is 0 Å². The molecule has 0 saturated heterocycles. The van der Waals surface area contributed by atoms with Gasteiger partial charge in [-0.1, -0.05) is 0 Å². The fourth-order valence-electron chi connectivity index (χ4n) is 1.06. The molecule has 10 heavy (non-hydrogen) atoms. The van der Waals surface area contributed by atoms with E-state index in [1.165, 1.54) is 5.56 Å². The first-order valence-corrected chi connectivity index (χ1v) is 4.00. The van der Waals surface area contributed by atoms with Crippen molar-refractivity contribution in [3.05, 3.63) is 29.8 Å². The monoisotopic (exact) mass is 198 g/mol. The van der Waals surface area contributed by atoms with E-state index >= 15 is 0 Å². The summed E-state index contributed by atoms with van der Waals surface area (Å²) in [5.41, 5.74) is 1.27. The van der Waals surface area contributed by atoms with Gasteiger partial charge >= 0.3 is 66.9 Å². The summed E-state index contributed by atoms with van der Waals surface area (Å²) in [5, 5.41) is 0. The van der Waals surface area contributed by atoms with Crippen LogP contribution in [0.3, 0.4) is 0 Å². The number of hydrogen-bond donors (Lipinski definition) is 0. The summed E-state index contributed by atoms with van der Waals surface area (Å²) >= 11 is 2.88. The molecule has 0 amide bonds. The first-order chi connectivity index (χ1) is 4.86. The Bertz CT molecular complexity index is 253. The van der Waals surface area contributed by atoms with Crippen LogP contribution in [0.2, 0.25) is 0 Å². The van der Waals surface area contributed by atoms with Crippen molar-refractivity contribution in [2.45, 2.75) is 6.42 Å². The molecule has 1 nitrogen and oxygen atoms in total. The third-order valence-electron chi connectivity index (χ3n) is 1.53. The van der Waals surface area contributed by atoms with Gasteiger partial charge in [0.05, 0.1) is 0 Å². The third kappa shape index (κ3) is 0.898. The molecule has 1 aliphatic heterocycles. The Morgan fingerprint density at radius 2 is 2.10 bits per heavy atom. The zero-order chi connectivity index (χ0) is 6.97. The van der Waals surface area contributed by atoms with Crippen LogP contribution in [0.4, 0.5) is 0 Å². The Labute approximate surface area is 67.4 Å². The van der Waals surface area contributed by atoms with Crippen molar-refractivity contribution in [1.29, 1.82) is 0 Å². The molecule has 1 aliphatic rings. The molecular formula is C8H6OSe. The van der Waals surface area contributed by atoms with E-state index in [9.17, 15) is 0 Å². The van der Waals surface area contributed by atoms with Gasteiger partial charge < -0.3 is 0 Å². The Kier molecular flexibility index (Phi) is 1.37. The number of rotatable bonds is 0. The van der Waals surface area contributed by atoms with E-state index in [0.29, 0.717) is 0 Å². The second-order valence-corrected chi connectivity index (χ2v) is 3.21. The summed E-state index contributed by atoms with van der Waals surface area (Å²) in [5.74, 6) is 0.997. The van der Waals surface area contributed by atoms with Crippen molar-refractivity contribution < 1.29 is 4.74 Å². The van der Waals surface area contributed by atoms with E-state index in [1.807, 2.05) is 18.2 Å². The second-order valence-electron chi connectivity index (χ2n) is 2.26. The molecule has 2 heteroatoms. The van der Waals surface area contributed by atoms with E-state index in [-0.39, 0.29) is 0 Å². The molecule has 0 fully saturated rings. The van der Waals surface area contributed by atoms with Crippen LogP contribution in [0.25, 0.3) is 0 Å². The van der Waals surface area contributed by atoms with Gasteiger partial charge in [-0.05, 0) is 0 Å². The molecule has 1 heterocycles. The third-order valence-corrected chi connectivity index (χ3v) is 2.01. The Hall–Kier alpha value is -0.591. The van der Waals surface area contributed by atoms with Crippen molar-refractivity contribution in [3.8, 4) is 5.75 Å². The van der Waals surface area contributed by atoms with Crippen molar-refractivity contribution >= 4 is 20.2 Å². The average Bonchev–Trinajstić information content (AvgIpc) is 2.27. The number of fused-ring (bicyclic) bond motifs is 1. The molecule has 0 unspecified atom stereocenters. The number of benzene rings is 1. The predicted molar refractivity (Wildman–Crippen MR) is 41.5 cm³/mol. The summed E-state index contributed by atoms with van der Waals surface area (Å²) in [4.78, 5) is 0. The van der Waals surface area contributed by atoms with E-state index in [0.717, 1.165) is 16.8 Å². The first-order valence-electron chi connectivity index (χ1n) is 3.15. The molecular weight excluding hydrogens is 191 g/mol. The van der Waals surface area contributed by atoms with Gasteiger partial charge in [-0.3, -0.25) is 0 Å². The normalized spacial score (nSPS) is 14.6. The summed E-state index contributed by atoms with van der Waals surface area (Å²) in [6.07, 6.45) is 0.927. The molecule has 0 saturated carbocycles. The molecule has 0 aliphatic carbocycles. The van der Waals surface area contributed by atoms with Crippen LogP contribution in [-0.4, -0.2) is 20.2 Å². The SMILES string of the molecule is [Se]=C1Cc2ccccc2O1. The average molecular weight is 197 g/mol. The summed E-state index contributed by atoms with van der Waals surface area (Å²) in [7, 11) is 0. The first kappa shape index (κ1) is 6.14. The van der Waals surface area contributed by atoms with Crippen molar-refractivity contribution in [2.75, 3.05) is 0 Å². The standard InChI is InChI=1S/C8H6OSe/c10-8-5-6-3-1-2-4-7(6)9-8/h1-4H,5H2. The minimum atomic E-state index is 0.927. The Morgan fingerprint density at radius 3 is 2.90 bits per heavy atom. The maximum atomic E-state index is 5.37. The summed E-state index contributed by atoms with van der Waals surface area (Å²) in [6.45, 7) is 0. The fourth-order valence-corrected chi connectivity index (χ4v) is 1.58. The van der Waals surface area contributed by atoms with Gasteiger partial charge in [0.1, 0.15) is 0 Å². The van der Waals surface area contributed by atoms with Crippen LogP contribution in [0, 0.1) is 0 Å². The second kappa shape index (κ2) is 2.22. The van der Waals surface area contributed by atoms with Crippen LogP contribution in [0.15, 0.2) is 24.3 Å². The van der Waals surface area contributed by atoms with E-state index < -0.39 is 0 Å². The van der Waals surface area contributed by atoms with Crippen LogP contribution in [0.1, 0.15) is 5.56 Å². The zero-order valence-corrected chi connectivity index (χ0v) is 7.05. The minimum absolute atomic E-state index is 0.927. The predicted octanol–water partition coefficient (Wildman–Crippen LogP) is 0.920. The van der Waals surface area contributed by atoms with Crippen LogP contribution < -0.4 is 4.74 Å². The summed E-state index contributed by atoms with van der Waals surface area (Å²) in [6, 6.07) is 8.08. The summed E-state index contributed by atoms with van der Waals surface area (Å²) < 4.78 is 6.34. The molecule has 0 aromatic heterocycles. The van der Waals surface area contributed by atoms with Gasteiger partial charge in [0.15, 0.2) is 0 Å². The number of ether oxygens (including phenoxy) is 1. The van der Waals surface area contributed by atoms with Gasteiger partial charge in [-0.2, -0.15) is 0 Å². The maximum absolute atomic E-state index is 5.37. The van der Waals surface area contributed by atoms with Crippen molar-refractivity contribution in [2.24, 2.45) is 0 Å². The molecule has 0 atom stereocenters. The van der Waals surface area contributed by atoms with Gasteiger partial charge in [0, 0.05) is 0 Å². The molecule has 1 aromatic rings. The van der Waals surface area contributed by atoms with E-state index in [4.69, 9.17) is 4.74 Å². The molecule has 0 N–H and O–H groups in total. The quantitative estimate of drug-likeness (QED) is 0.562. The van der Waals surface area contributed by atoms with Crippen molar-refractivity contribution in [3.63, 3.8) is 0 Å². The number of hydrogen-bond acceptors (Lipinski definition) is 1. The zero-order valence-electron chi connectivity index (χ0n) is 5.33. The van der Waals surface area contributed by atoms with Gasteiger partial charge in [-0.15, -0.1) is 0 Å². The van der Waals surface area contributed by atoms with Gasteiger partial charge in [-0.25, -0.2) is 0 Å². The van der Waals surface area contributed by atoms with Crippen LogP contribution in [0.5, 0.6) is 5.75 Å². The van der Waals surface area contributed by atoms with Gasteiger partial charge in [0.25, 0.3) is 0 Å². The molecule has 1 aromatic carbocycles. The molecule has 0 radical (unpaired) electrons. The molecule has 0 spiro atoms. The number of para-hydroxylation sites is 1. The topological polar surface area (TPSA) is 9.23 Å². The van der Waals surface area contributed by atoms with Crippen LogP contribution >= 0.6 is 0 Å². The fraction of sp³-hybridized carbons (Fsp3) is 0.125. The van der Waals surface area contributed by atoms with E-state index in [2.05, 4.69) is 21.6 Å². The van der Waals surface area contributed by atoms with Gasteiger partial charge in [0.2, 0.25) is 0 Å². The Balaban J connectivity index is 2.51. The molecule has 0 bridgehead atoms. The van der Waals surface area contributed by atoms with Crippen LogP contribution in [-0.2, 0) is 6.42 Å². The molecule has 2 rings (SSSR count).